The van der Waals surface area contributed by atoms with E-state index in [0.717, 1.165) is 17.1 Å². The van der Waals surface area contributed by atoms with Crippen LogP contribution in [-0.2, 0) is 6.54 Å². The lowest BCUT2D eigenvalue weighted by atomic mass is 10.1. The van der Waals surface area contributed by atoms with E-state index in [1.165, 1.54) is 23.3 Å². The van der Waals surface area contributed by atoms with E-state index in [-0.39, 0.29) is 5.91 Å². The Labute approximate surface area is 163 Å². The molecule has 0 spiro atoms. The number of hydrogen-bond acceptors (Lipinski definition) is 5. The molecule has 4 rings (SSSR count). The van der Waals surface area contributed by atoms with Crippen LogP contribution in [0.15, 0.2) is 47.8 Å². The van der Waals surface area contributed by atoms with Crippen molar-refractivity contribution in [2.75, 3.05) is 12.4 Å². The van der Waals surface area contributed by atoms with E-state index in [0.29, 0.717) is 18.2 Å². The Bertz CT molecular complexity index is 930. The number of rotatable bonds is 6. The molecule has 0 aliphatic heterocycles. The zero-order valence-electron chi connectivity index (χ0n) is 15.5. The minimum Gasteiger partial charge on any atom is -0.366 e. The molecule has 1 amide bonds. The highest BCUT2D eigenvalue weighted by Crippen LogP contribution is 2.24. The van der Waals surface area contributed by atoms with Crippen LogP contribution < -0.4 is 5.32 Å². The number of carbonyl (C=O) groups excluding carboxylic acids is 1. The molecule has 1 fully saturated rings. The standard InChI is InChI=1S/C21H22N4OS/c1-14-11-12-27-19(14)13-25(2)21(26)16-5-3-15(4-6-16)18-9-10-20(24-23-18)22-17-7-8-17/h3-6,9-12,17H,7-8,13H2,1-2H3,(H,22,24). The highest BCUT2D eigenvalue weighted by atomic mass is 32.1. The van der Waals surface area contributed by atoms with Crippen LogP contribution in [0.2, 0.25) is 0 Å². The summed E-state index contributed by atoms with van der Waals surface area (Å²) in [7, 11) is 1.84. The van der Waals surface area contributed by atoms with Crippen molar-refractivity contribution in [1.82, 2.24) is 15.1 Å². The van der Waals surface area contributed by atoms with Gasteiger partial charge in [0, 0.05) is 29.1 Å². The third kappa shape index (κ3) is 4.17. The molecule has 5 nitrogen and oxygen atoms in total. The van der Waals surface area contributed by atoms with Gasteiger partial charge in [0.15, 0.2) is 0 Å². The average Bonchev–Trinajstić information content (AvgIpc) is 3.42. The summed E-state index contributed by atoms with van der Waals surface area (Å²) in [4.78, 5) is 15.7. The highest BCUT2D eigenvalue weighted by molar-refractivity contribution is 7.10. The molecule has 0 atom stereocenters. The average molecular weight is 379 g/mol. The molecule has 0 saturated heterocycles. The van der Waals surface area contributed by atoms with Crippen LogP contribution in [0, 0.1) is 6.92 Å². The molecule has 0 bridgehead atoms. The van der Waals surface area contributed by atoms with Crippen molar-refractivity contribution in [2.45, 2.75) is 32.4 Å². The number of anilines is 1. The van der Waals surface area contributed by atoms with Crippen LogP contribution in [0.1, 0.15) is 33.6 Å². The van der Waals surface area contributed by atoms with E-state index in [2.05, 4.69) is 33.9 Å². The van der Waals surface area contributed by atoms with E-state index in [1.807, 2.05) is 43.4 Å². The van der Waals surface area contributed by atoms with Gasteiger partial charge in [-0.3, -0.25) is 4.79 Å². The van der Waals surface area contributed by atoms with Crippen molar-refractivity contribution >= 4 is 23.1 Å². The van der Waals surface area contributed by atoms with Crippen molar-refractivity contribution in [3.63, 3.8) is 0 Å². The lowest BCUT2D eigenvalue weighted by Gasteiger charge is -2.17. The second-order valence-electron chi connectivity index (χ2n) is 6.99. The molecule has 1 aliphatic carbocycles. The number of nitrogens with zero attached hydrogens (tertiary/aromatic N) is 3. The summed E-state index contributed by atoms with van der Waals surface area (Å²) in [6.07, 6.45) is 2.42. The first kappa shape index (κ1) is 17.7. The van der Waals surface area contributed by atoms with Gasteiger partial charge in [-0.05, 0) is 61.0 Å². The number of aryl methyl sites for hydroxylation is 1. The Hall–Kier alpha value is -2.73. The Morgan fingerprint density at radius 3 is 2.52 bits per heavy atom. The van der Waals surface area contributed by atoms with Gasteiger partial charge in [0.1, 0.15) is 5.82 Å². The van der Waals surface area contributed by atoms with Crippen molar-refractivity contribution in [3.8, 4) is 11.3 Å². The summed E-state index contributed by atoms with van der Waals surface area (Å²) >= 11 is 1.68. The van der Waals surface area contributed by atoms with Crippen LogP contribution in [-0.4, -0.2) is 34.1 Å². The van der Waals surface area contributed by atoms with Crippen molar-refractivity contribution in [2.24, 2.45) is 0 Å². The molecule has 0 unspecified atom stereocenters. The van der Waals surface area contributed by atoms with Crippen LogP contribution in [0.5, 0.6) is 0 Å². The van der Waals surface area contributed by atoms with Gasteiger partial charge in [-0.15, -0.1) is 21.5 Å². The molecule has 0 radical (unpaired) electrons. The Balaban J connectivity index is 1.43. The van der Waals surface area contributed by atoms with E-state index in [4.69, 9.17) is 0 Å². The van der Waals surface area contributed by atoms with Gasteiger partial charge < -0.3 is 10.2 Å². The zero-order valence-corrected chi connectivity index (χ0v) is 16.3. The second kappa shape index (κ2) is 7.48. The van der Waals surface area contributed by atoms with Crippen LogP contribution in [0.3, 0.4) is 0 Å². The maximum Gasteiger partial charge on any atom is 0.253 e. The van der Waals surface area contributed by atoms with Crippen LogP contribution in [0.4, 0.5) is 5.82 Å². The largest absolute Gasteiger partial charge is 0.366 e. The Kier molecular flexibility index (Phi) is 4.90. The molecule has 2 heterocycles. The van der Waals surface area contributed by atoms with Gasteiger partial charge in [-0.1, -0.05) is 12.1 Å². The Morgan fingerprint density at radius 1 is 1.15 bits per heavy atom. The normalized spacial score (nSPS) is 13.4. The monoisotopic (exact) mass is 378 g/mol. The van der Waals surface area contributed by atoms with E-state index >= 15 is 0 Å². The van der Waals surface area contributed by atoms with E-state index < -0.39 is 0 Å². The lowest BCUT2D eigenvalue weighted by Crippen LogP contribution is -2.26. The fraction of sp³-hybridized carbons (Fsp3) is 0.286. The predicted octanol–water partition coefficient (Wildman–Crippen LogP) is 4.36. The molecular formula is C21H22N4OS. The molecule has 27 heavy (non-hydrogen) atoms. The number of amides is 1. The van der Waals surface area contributed by atoms with Gasteiger partial charge >= 0.3 is 0 Å². The maximum absolute atomic E-state index is 12.7. The van der Waals surface area contributed by atoms with Crippen molar-refractivity contribution in [3.05, 3.63) is 63.8 Å². The summed E-state index contributed by atoms with van der Waals surface area (Å²) in [6.45, 7) is 2.70. The molecule has 1 N–H and O–H groups in total. The van der Waals surface area contributed by atoms with Crippen molar-refractivity contribution < 1.29 is 4.79 Å². The molecular weight excluding hydrogens is 356 g/mol. The number of hydrogen-bond donors (Lipinski definition) is 1. The number of benzene rings is 1. The summed E-state index contributed by atoms with van der Waals surface area (Å²) < 4.78 is 0. The molecule has 138 valence electrons. The van der Waals surface area contributed by atoms with Crippen LogP contribution >= 0.6 is 11.3 Å². The number of thiophene rings is 1. The first-order valence-electron chi connectivity index (χ1n) is 9.09. The summed E-state index contributed by atoms with van der Waals surface area (Å²) in [5, 5.41) is 13.9. The maximum atomic E-state index is 12.7. The number of nitrogens with one attached hydrogen (secondary N) is 1. The molecule has 1 aliphatic rings. The van der Waals surface area contributed by atoms with Crippen molar-refractivity contribution in [1.29, 1.82) is 0 Å². The quantitative estimate of drug-likeness (QED) is 0.692. The minimum atomic E-state index is 0.0180. The summed E-state index contributed by atoms with van der Waals surface area (Å²) in [6, 6.07) is 14.1. The minimum absolute atomic E-state index is 0.0180. The SMILES string of the molecule is Cc1ccsc1CN(C)C(=O)c1ccc(-c2ccc(NC3CC3)nn2)cc1. The zero-order chi connectivity index (χ0) is 18.8. The fourth-order valence-corrected chi connectivity index (χ4v) is 3.82. The molecule has 1 aromatic carbocycles. The van der Waals surface area contributed by atoms with Gasteiger partial charge in [-0.2, -0.15) is 0 Å². The summed E-state index contributed by atoms with van der Waals surface area (Å²) in [5.74, 6) is 0.836. The number of carbonyl (C=O) groups is 1. The molecule has 2 aromatic heterocycles. The lowest BCUT2D eigenvalue weighted by molar-refractivity contribution is 0.0786. The molecule has 1 saturated carbocycles. The predicted molar refractivity (Wildman–Crippen MR) is 109 cm³/mol. The smallest absolute Gasteiger partial charge is 0.253 e. The van der Waals surface area contributed by atoms with Gasteiger partial charge in [0.05, 0.1) is 12.2 Å². The van der Waals surface area contributed by atoms with Gasteiger partial charge in [0.25, 0.3) is 5.91 Å². The third-order valence-electron chi connectivity index (χ3n) is 4.72. The molecule has 3 aromatic rings. The second-order valence-corrected chi connectivity index (χ2v) is 7.99. The summed E-state index contributed by atoms with van der Waals surface area (Å²) in [5.41, 5.74) is 3.66. The first-order valence-corrected chi connectivity index (χ1v) is 9.97. The van der Waals surface area contributed by atoms with Gasteiger partial charge in [0.2, 0.25) is 0 Å². The van der Waals surface area contributed by atoms with Crippen LogP contribution in [0.25, 0.3) is 11.3 Å². The highest BCUT2D eigenvalue weighted by Gasteiger charge is 2.21. The fourth-order valence-electron chi connectivity index (χ4n) is 2.86. The van der Waals surface area contributed by atoms with Gasteiger partial charge in [-0.25, -0.2) is 0 Å². The topological polar surface area (TPSA) is 58.1 Å². The van der Waals surface area contributed by atoms with E-state index in [9.17, 15) is 4.79 Å². The number of aromatic nitrogens is 2. The first-order chi connectivity index (χ1) is 13.1. The third-order valence-corrected chi connectivity index (χ3v) is 5.72. The Morgan fingerprint density at radius 2 is 1.93 bits per heavy atom. The van der Waals surface area contributed by atoms with E-state index in [1.54, 1.807) is 16.2 Å². The molecule has 6 heteroatoms.